The van der Waals surface area contributed by atoms with Gasteiger partial charge in [0.2, 0.25) is 5.91 Å². The van der Waals surface area contributed by atoms with Crippen molar-refractivity contribution in [3.8, 4) is 5.75 Å². The second kappa shape index (κ2) is 8.01. The van der Waals surface area contributed by atoms with Crippen molar-refractivity contribution in [2.75, 3.05) is 44.7 Å². The van der Waals surface area contributed by atoms with Gasteiger partial charge in [-0.2, -0.15) is 0 Å². The summed E-state index contributed by atoms with van der Waals surface area (Å²) < 4.78 is 5.29. The van der Waals surface area contributed by atoms with Gasteiger partial charge in [0.15, 0.2) is 0 Å². The molecule has 2 fully saturated rings. The molecule has 1 unspecified atom stereocenters. The first-order chi connectivity index (χ1) is 13.2. The van der Waals surface area contributed by atoms with Crippen molar-refractivity contribution < 1.29 is 9.53 Å². The van der Waals surface area contributed by atoms with E-state index < -0.39 is 0 Å². The third-order valence-corrected chi connectivity index (χ3v) is 5.66. The van der Waals surface area contributed by atoms with Gasteiger partial charge >= 0.3 is 0 Å². The van der Waals surface area contributed by atoms with Crippen LogP contribution >= 0.6 is 0 Å². The van der Waals surface area contributed by atoms with E-state index >= 15 is 0 Å². The Hall–Kier alpha value is -2.53. The van der Waals surface area contributed by atoms with Crippen LogP contribution in [0.3, 0.4) is 0 Å². The highest BCUT2D eigenvalue weighted by atomic mass is 16.5. The third-order valence-electron chi connectivity index (χ3n) is 5.66. The van der Waals surface area contributed by atoms with E-state index in [1.54, 1.807) is 7.11 Å². The van der Waals surface area contributed by atoms with Gasteiger partial charge in [0.25, 0.3) is 0 Å². The first kappa shape index (κ1) is 17.9. The van der Waals surface area contributed by atoms with Crippen LogP contribution in [0.5, 0.6) is 5.75 Å². The molecule has 1 amide bonds. The summed E-state index contributed by atoms with van der Waals surface area (Å²) in [5, 5.41) is 0. The smallest absolute Gasteiger partial charge is 0.237 e. The lowest BCUT2D eigenvalue weighted by molar-refractivity contribution is -0.137. The minimum absolute atomic E-state index is 0.224. The average molecular weight is 365 g/mol. The van der Waals surface area contributed by atoms with Crippen molar-refractivity contribution in [2.24, 2.45) is 0 Å². The molecule has 0 aliphatic carbocycles. The molecular weight excluding hydrogens is 338 g/mol. The van der Waals surface area contributed by atoms with E-state index in [0.29, 0.717) is 19.1 Å². The summed E-state index contributed by atoms with van der Waals surface area (Å²) in [7, 11) is 1.67. The number of benzene rings is 2. The number of methoxy groups -OCH3 is 1. The molecule has 2 aliphatic rings. The van der Waals surface area contributed by atoms with Gasteiger partial charge < -0.3 is 14.5 Å². The fourth-order valence-electron chi connectivity index (χ4n) is 4.11. The van der Waals surface area contributed by atoms with Crippen LogP contribution in [0, 0.1) is 0 Å². The lowest BCUT2D eigenvalue weighted by atomic mass is 10.1. The summed E-state index contributed by atoms with van der Waals surface area (Å²) >= 11 is 0. The zero-order chi connectivity index (χ0) is 18.6. The zero-order valence-electron chi connectivity index (χ0n) is 15.9. The first-order valence-corrected chi connectivity index (χ1v) is 9.67. The fourth-order valence-corrected chi connectivity index (χ4v) is 4.11. The Morgan fingerprint density at radius 2 is 1.89 bits per heavy atom. The van der Waals surface area contributed by atoms with Crippen LogP contribution in [-0.2, 0) is 11.3 Å². The maximum atomic E-state index is 12.7. The minimum atomic E-state index is 0.224. The van der Waals surface area contributed by atoms with Crippen molar-refractivity contribution >= 4 is 11.6 Å². The topological polar surface area (TPSA) is 36.0 Å². The molecule has 1 atom stereocenters. The van der Waals surface area contributed by atoms with Gasteiger partial charge in [0.05, 0.1) is 13.7 Å². The van der Waals surface area contributed by atoms with E-state index in [0.717, 1.165) is 43.9 Å². The summed E-state index contributed by atoms with van der Waals surface area (Å²) in [6, 6.07) is 19.0. The number of rotatable bonds is 5. The minimum Gasteiger partial charge on any atom is -0.497 e. The van der Waals surface area contributed by atoms with E-state index in [9.17, 15) is 4.79 Å². The highest BCUT2D eigenvalue weighted by Crippen LogP contribution is 2.24. The van der Waals surface area contributed by atoms with E-state index in [1.807, 2.05) is 23.1 Å². The van der Waals surface area contributed by atoms with E-state index in [1.165, 1.54) is 5.69 Å². The molecule has 2 saturated heterocycles. The Balaban J connectivity index is 1.33. The molecular formula is C22H27N3O2. The first-order valence-electron chi connectivity index (χ1n) is 9.67. The largest absolute Gasteiger partial charge is 0.497 e. The number of carbonyl (C=O) groups excluding carboxylic acids is 1. The fraction of sp³-hybridized carbons (Fsp3) is 0.409. The van der Waals surface area contributed by atoms with E-state index in [4.69, 9.17) is 4.74 Å². The summed E-state index contributed by atoms with van der Waals surface area (Å²) in [4.78, 5) is 19.5. The van der Waals surface area contributed by atoms with Crippen LogP contribution in [0.1, 0.15) is 12.0 Å². The molecule has 0 saturated carbocycles. The quantitative estimate of drug-likeness (QED) is 0.816. The molecule has 4 rings (SSSR count). The molecule has 0 aromatic heterocycles. The highest BCUT2D eigenvalue weighted by Gasteiger charge is 2.33. The molecule has 142 valence electrons. The van der Waals surface area contributed by atoms with Gasteiger partial charge in [-0.05, 0) is 36.2 Å². The number of carbonyl (C=O) groups is 1. The second-order valence-electron chi connectivity index (χ2n) is 7.36. The summed E-state index contributed by atoms with van der Waals surface area (Å²) in [6.07, 6.45) is 1.12. The molecule has 2 aromatic carbocycles. The molecule has 5 nitrogen and oxygen atoms in total. The second-order valence-corrected chi connectivity index (χ2v) is 7.36. The van der Waals surface area contributed by atoms with Crippen molar-refractivity contribution in [2.45, 2.75) is 19.0 Å². The predicted octanol–water partition coefficient (Wildman–Crippen LogP) is 2.62. The number of hydrogen-bond donors (Lipinski definition) is 0. The third kappa shape index (κ3) is 4.08. The van der Waals surface area contributed by atoms with Crippen LogP contribution in [0.25, 0.3) is 0 Å². The van der Waals surface area contributed by atoms with Crippen molar-refractivity contribution in [1.82, 2.24) is 9.80 Å². The summed E-state index contributed by atoms with van der Waals surface area (Å²) in [6.45, 7) is 4.99. The van der Waals surface area contributed by atoms with Gasteiger partial charge in [-0.1, -0.05) is 30.3 Å². The average Bonchev–Trinajstić information content (AvgIpc) is 3.21. The molecule has 0 radical (unpaired) electrons. The number of piperazine rings is 1. The van der Waals surface area contributed by atoms with E-state index in [2.05, 4.69) is 46.2 Å². The van der Waals surface area contributed by atoms with Gasteiger partial charge in [-0.3, -0.25) is 9.69 Å². The van der Waals surface area contributed by atoms with Crippen molar-refractivity contribution in [3.05, 3.63) is 60.2 Å². The number of nitrogens with zero attached hydrogens (tertiary/aromatic N) is 3. The Bertz CT molecular complexity index is 780. The maximum absolute atomic E-state index is 12.7. The van der Waals surface area contributed by atoms with Crippen molar-refractivity contribution in [1.29, 1.82) is 0 Å². The number of anilines is 1. The van der Waals surface area contributed by atoms with Gasteiger partial charge in [0, 0.05) is 44.5 Å². The van der Waals surface area contributed by atoms with Crippen LogP contribution in [0.15, 0.2) is 54.6 Å². The maximum Gasteiger partial charge on any atom is 0.237 e. The highest BCUT2D eigenvalue weighted by molar-refractivity contribution is 5.79. The monoisotopic (exact) mass is 365 g/mol. The van der Waals surface area contributed by atoms with E-state index in [-0.39, 0.29) is 5.91 Å². The van der Waals surface area contributed by atoms with Crippen LogP contribution in [-0.4, -0.2) is 61.6 Å². The zero-order valence-corrected chi connectivity index (χ0v) is 15.9. The standard InChI is InChI=1S/C22H27N3O2/c1-27-21-9-5-6-18(14-21)15-25-13-12-24(17-22(25)26)20-10-11-23(16-20)19-7-3-2-4-8-19/h2-9,14,20H,10-13,15-17H2,1H3. The number of ether oxygens (including phenoxy) is 1. The molecule has 2 aromatic rings. The number of hydrogen-bond acceptors (Lipinski definition) is 4. The number of amides is 1. The molecule has 0 bridgehead atoms. The Kier molecular flexibility index (Phi) is 5.30. The molecule has 0 N–H and O–H groups in total. The molecule has 2 aliphatic heterocycles. The molecule has 2 heterocycles. The van der Waals surface area contributed by atoms with Crippen LogP contribution in [0.4, 0.5) is 5.69 Å². The number of para-hydroxylation sites is 1. The van der Waals surface area contributed by atoms with Crippen molar-refractivity contribution in [3.63, 3.8) is 0 Å². The summed E-state index contributed by atoms with van der Waals surface area (Å²) in [5.41, 5.74) is 2.40. The molecule has 5 heteroatoms. The van der Waals surface area contributed by atoms with Crippen LogP contribution in [0.2, 0.25) is 0 Å². The molecule has 27 heavy (non-hydrogen) atoms. The predicted molar refractivity (Wildman–Crippen MR) is 107 cm³/mol. The Labute approximate surface area is 161 Å². The summed E-state index contributed by atoms with van der Waals surface area (Å²) in [5.74, 6) is 1.06. The van der Waals surface area contributed by atoms with Gasteiger partial charge in [-0.15, -0.1) is 0 Å². The lowest BCUT2D eigenvalue weighted by Gasteiger charge is -2.37. The van der Waals surface area contributed by atoms with Crippen LogP contribution < -0.4 is 9.64 Å². The Morgan fingerprint density at radius 3 is 2.67 bits per heavy atom. The molecule has 0 spiro atoms. The lowest BCUT2D eigenvalue weighted by Crippen LogP contribution is -2.53. The Morgan fingerprint density at radius 1 is 1.04 bits per heavy atom. The SMILES string of the molecule is COc1cccc(CN2CCN(C3CCN(c4ccccc4)C3)CC2=O)c1. The normalized spacial score (nSPS) is 20.9. The van der Waals surface area contributed by atoms with Gasteiger partial charge in [-0.25, -0.2) is 0 Å². The van der Waals surface area contributed by atoms with Gasteiger partial charge in [0.1, 0.15) is 5.75 Å².